The quantitative estimate of drug-likeness (QED) is 0.874. The van der Waals surface area contributed by atoms with Crippen LogP contribution in [0.4, 0.5) is 0 Å². The Kier molecular flexibility index (Phi) is 3.97. The zero-order valence-corrected chi connectivity index (χ0v) is 10.8. The van der Waals surface area contributed by atoms with Crippen LogP contribution in [0.1, 0.15) is 22.2 Å². The van der Waals surface area contributed by atoms with Crippen molar-refractivity contribution >= 4 is 11.3 Å². The standard InChI is InChI=1S/C12H20N2OS/c1-9-7-14(3-4-15-9)8-11-5-12(6-13)16-10(11)2/h5,9H,3-4,6-8,13H2,1-2H3. The average molecular weight is 240 g/mol. The van der Waals surface area contributed by atoms with Crippen molar-refractivity contribution in [2.24, 2.45) is 5.73 Å². The molecule has 1 unspecified atom stereocenters. The Morgan fingerprint density at radius 2 is 2.44 bits per heavy atom. The van der Waals surface area contributed by atoms with Crippen molar-refractivity contribution in [1.29, 1.82) is 0 Å². The minimum Gasteiger partial charge on any atom is -0.376 e. The highest BCUT2D eigenvalue weighted by molar-refractivity contribution is 7.12. The minimum absolute atomic E-state index is 0.363. The maximum absolute atomic E-state index is 5.66. The van der Waals surface area contributed by atoms with Crippen molar-refractivity contribution in [1.82, 2.24) is 4.90 Å². The smallest absolute Gasteiger partial charge is 0.0674 e. The Morgan fingerprint density at radius 1 is 1.62 bits per heavy atom. The van der Waals surface area contributed by atoms with Gasteiger partial charge < -0.3 is 10.5 Å². The molecule has 0 aromatic carbocycles. The van der Waals surface area contributed by atoms with E-state index in [0.717, 1.165) is 26.2 Å². The number of morpholine rings is 1. The third-order valence-electron chi connectivity index (χ3n) is 2.99. The molecule has 0 amide bonds. The first kappa shape index (κ1) is 12.0. The molecule has 1 aliphatic rings. The largest absolute Gasteiger partial charge is 0.376 e. The van der Waals surface area contributed by atoms with Gasteiger partial charge in [-0.3, -0.25) is 4.90 Å². The van der Waals surface area contributed by atoms with E-state index in [-0.39, 0.29) is 0 Å². The molecule has 0 radical (unpaired) electrons. The lowest BCUT2D eigenvalue weighted by Crippen LogP contribution is -2.40. The van der Waals surface area contributed by atoms with Crippen LogP contribution >= 0.6 is 11.3 Å². The highest BCUT2D eigenvalue weighted by atomic mass is 32.1. The fourth-order valence-corrected chi connectivity index (χ4v) is 3.05. The Balaban J connectivity index is 1.99. The Hall–Kier alpha value is -0.420. The third-order valence-corrected chi connectivity index (χ3v) is 4.11. The van der Waals surface area contributed by atoms with Gasteiger partial charge in [-0.1, -0.05) is 0 Å². The zero-order valence-electron chi connectivity index (χ0n) is 10.0. The number of rotatable bonds is 3. The van der Waals surface area contributed by atoms with E-state index in [9.17, 15) is 0 Å². The molecule has 0 saturated carbocycles. The van der Waals surface area contributed by atoms with Crippen LogP contribution in [0.3, 0.4) is 0 Å². The van der Waals surface area contributed by atoms with Crippen LogP contribution in [0.15, 0.2) is 6.07 Å². The first-order chi connectivity index (χ1) is 7.69. The van der Waals surface area contributed by atoms with Crippen molar-refractivity contribution < 1.29 is 4.74 Å². The number of hydrogen-bond donors (Lipinski definition) is 1. The summed E-state index contributed by atoms with van der Waals surface area (Å²) >= 11 is 1.82. The molecule has 0 aliphatic carbocycles. The van der Waals surface area contributed by atoms with E-state index in [4.69, 9.17) is 10.5 Å². The molecule has 2 rings (SSSR count). The molecule has 0 bridgehead atoms. The van der Waals surface area contributed by atoms with E-state index in [1.165, 1.54) is 15.3 Å². The molecule has 1 fully saturated rings. The molecule has 2 N–H and O–H groups in total. The summed E-state index contributed by atoms with van der Waals surface area (Å²) in [5, 5.41) is 0. The maximum Gasteiger partial charge on any atom is 0.0674 e. The van der Waals surface area contributed by atoms with Gasteiger partial charge in [-0.2, -0.15) is 0 Å². The summed E-state index contributed by atoms with van der Waals surface area (Å²) in [7, 11) is 0. The Morgan fingerprint density at radius 3 is 3.06 bits per heavy atom. The molecule has 1 aliphatic heterocycles. The van der Waals surface area contributed by atoms with Crippen molar-refractivity contribution in [3.8, 4) is 0 Å². The zero-order chi connectivity index (χ0) is 11.5. The van der Waals surface area contributed by atoms with E-state index < -0.39 is 0 Å². The Bertz CT molecular complexity index is 351. The summed E-state index contributed by atoms with van der Waals surface area (Å²) in [4.78, 5) is 5.15. The molecular weight excluding hydrogens is 220 g/mol. The van der Waals surface area contributed by atoms with E-state index in [1.54, 1.807) is 0 Å². The van der Waals surface area contributed by atoms with Gasteiger partial charge >= 0.3 is 0 Å². The molecule has 1 atom stereocenters. The van der Waals surface area contributed by atoms with Gasteiger partial charge in [0.15, 0.2) is 0 Å². The van der Waals surface area contributed by atoms with Crippen LogP contribution in [0.5, 0.6) is 0 Å². The summed E-state index contributed by atoms with van der Waals surface area (Å²) in [5.41, 5.74) is 7.09. The minimum atomic E-state index is 0.363. The molecule has 2 heterocycles. The molecule has 3 nitrogen and oxygen atoms in total. The number of nitrogens with zero attached hydrogens (tertiary/aromatic N) is 1. The maximum atomic E-state index is 5.66. The van der Waals surface area contributed by atoms with Crippen LogP contribution < -0.4 is 5.73 Å². The number of hydrogen-bond acceptors (Lipinski definition) is 4. The predicted octanol–water partition coefficient (Wildman–Crippen LogP) is 1.74. The molecule has 1 aromatic heterocycles. The lowest BCUT2D eigenvalue weighted by Gasteiger charge is -2.31. The fourth-order valence-electron chi connectivity index (χ4n) is 2.12. The molecule has 1 saturated heterocycles. The Labute approximate surface area is 101 Å². The van der Waals surface area contributed by atoms with Gasteiger partial charge in [0.05, 0.1) is 12.7 Å². The van der Waals surface area contributed by atoms with E-state index in [1.807, 2.05) is 11.3 Å². The van der Waals surface area contributed by atoms with Crippen LogP contribution in [-0.4, -0.2) is 30.7 Å². The SMILES string of the molecule is Cc1sc(CN)cc1CN1CCOC(C)C1. The third kappa shape index (κ3) is 2.83. The normalized spacial score (nSPS) is 22.6. The summed E-state index contributed by atoms with van der Waals surface area (Å²) in [6.07, 6.45) is 0.363. The molecular formula is C12H20N2OS. The van der Waals surface area contributed by atoms with Gasteiger partial charge in [0, 0.05) is 35.9 Å². The molecule has 1 aromatic rings. The number of thiophene rings is 1. The van der Waals surface area contributed by atoms with Gasteiger partial charge in [0.2, 0.25) is 0 Å². The number of nitrogens with two attached hydrogens (primary N) is 1. The van der Waals surface area contributed by atoms with Crippen molar-refractivity contribution in [2.45, 2.75) is 33.0 Å². The van der Waals surface area contributed by atoms with Crippen LogP contribution in [0, 0.1) is 6.92 Å². The number of aryl methyl sites for hydroxylation is 1. The van der Waals surface area contributed by atoms with Crippen molar-refractivity contribution in [2.75, 3.05) is 19.7 Å². The summed E-state index contributed by atoms with van der Waals surface area (Å²) in [6.45, 7) is 8.95. The van der Waals surface area contributed by atoms with Gasteiger partial charge in [-0.25, -0.2) is 0 Å². The lowest BCUT2D eigenvalue weighted by atomic mass is 10.2. The molecule has 0 spiro atoms. The van der Waals surface area contributed by atoms with E-state index >= 15 is 0 Å². The second kappa shape index (κ2) is 5.27. The average Bonchev–Trinajstić information content (AvgIpc) is 2.60. The molecule has 4 heteroatoms. The highest BCUT2D eigenvalue weighted by Crippen LogP contribution is 2.23. The second-order valence-electron chi connectivity index (χ2n) is 4.41. The summed E-state index contributed by atoms with van der Waals surface area (Å²) in [6, 6.07) is 2.25. The van der Waals surface area contributed by atoms with Crippen molar-refractivity contribution in [3.63, 3.8) is 0 Å². The summed E-state index contributed by atoms with van der Waals surface area (Å²) in [5.74, 6) is 0. The van der Waals surface area contributed by atoms with E-state index in [0.29, 0.717) is 12.6 Å². The van der Waals surface area contributed by atoms with Crippen molar-refractivity contribution in [3.05, 3.63) is 21.4 Å². The monoisotopic (exact) mass is 240 g/mol. The predicted molar refractivity (Wildman–Crippen MR) is 67.6 cm³/mol. The molecule has 90 valence electrons. The van der Waals surface area contributed by atoms with Gasteiger partial charge in [0.1, 0.15) is 0 Å². The first-order valence-corrected chi connectivity index (χ1v) is 6.63. The molecule has 16 heavy (non-hydrogen) atoms. The van der Waals surface area contributed by atoms with Gasteiger partial charge in [-0.15, -0.1) is 11.3 Å². The lowest BCUT2D eigenvalue weighted by molar-refractivity contribution is -0.0212. The number of ether oxygens (including phenoxy) is 1. The first-order valence-electron chi connectivity index (χ1n) is 5.81. The van der Waals surface area contributed by atoms with Crippen LogP contribution in [-0.2, 0) is 17.8 Å². The second-order valence-corrected chi connectivity index (χ2v) is 5.76. The van der Waals surface area contributed by atoms with Crippen LogP contribution in [0.25, 0.3) is 0 Å². The van der Waals surface area contributed by atoms with Gasteiger partial charge in [0.25, 0.3) is 0 Å². The van der Waals surface area contributed by atoms with Crippen LogP contribution in [0.2, 0.25) is 0 Å². The van der Waals surface area contributed by atoms with Gasteiger partial charge in [-0.05, 0) is 25.5 Å². The highest BCUT2D eigenvalue weighted by Gasteiger charge is 2.17. The van der Waals surface area contributed by atoms with E-state index in [2.05, 4.69) is 24.8 Å². The topological polar surface area (TPSA) is 38.5 Å². The summed E-state index contributed by atoms with van der Waals surface area (Å²) < 4.78 is 5.54. The fraction of sp³-hybridized carbons (Fsp3) is 0.667.